The molecular formula is C21H19N5S2. The number of aromatic nitrogens is 2. The molecule has 0 aliphatic rings. The quantitative estimate of drug-likeness (QED) is 0.398. The molecule has 0 aliphatic carbocycles. The van der Waals surface area contributed by atoms with Gasteiger partial charge in [-0.05, 0) is 61.5 Å². The largest absolute Gasteiger partial charge is 0.383 e. The smallest absolute Gasteiger partial charge is 0.175 e. The van der Waals surface area contributed by atoms with Gasteiger partial charge in [0.25, 0.3) is 0 Å². The number of anilines is 3. The summed E-state index contributed by atoms with van der Waals surface area (Å²) in [5.74, 6) is 0.509. The van der Waals surface area contributed by atoms with Gasteiger partial charge in [0.1, 0.15) is 17.0 Å². The summed E-state index contributed by atoms with van der Waals surface area (Å²) in [4.78, 5) is 10.6. The third kappa shape index (κ3) is 3.67. The van der Waals surface area contributed by atoms with Gasteiger partial charge in [-0.3, -0.25) is 0 Å². The fourth-order valence-corrected chi connectivity index (χ4v) is 4.41. The monoisotopic (exact) mass is 405 g/mol. The average molecular weight is 406 g/mol. The highest BCUT2D eigenvalue weighted by Gasteiger charge is 2.15. The predicted molar refractivity (Wildman–Crippen MR) is 123 cm³/mol. The number of benzene rings is 2. The highest BCUT2D eigenvalue weighted by Crippen LogP contribution is 2.39. The number of thiophene rings is 1. The standard InChI is InChI=1S/C21H19N5S2/c1-12-4-3-5-16(10-12)26-21(27)25-15-8-6-14(7-9-15)17-13(2)28-20-18(17)19(22)23-11-24-20/h3-11H,1-2H3,(H2,22,23,24)(H2,25,26,27). The van der Waals surface area contributed by atoms with E-state index >= 15 is 0 Å². The lowest BCUT2D eigenvalue weighted by atomic mass is 10.0. The Bertz CT molecular complexity index is 1170. The van der Waals surface area contributed by atoms with Crippen LogP contribution in [-0.4, -0.2) is 15.1 Å². The van der Waals surface area contributed by atoms with E-state index in [2.05, 4.69) is 39.7 Å². The Hall–Kier alpha value is -3.03. The Morgan fingerprint density at radius 1 is 1.00 bits per heavy atom. The van der Waals surface area contributed by atoms with Crippen molar-refractivity contribution in [2.45, 2.75) is 13.8 Å². The van der Waals surface area contributed by atoms with Gasteiger partial charge in [-0.2, -0.15) is 0 Å². The second-order valence-electron chi connectivity index (χ2n) is 6.50. The van der Waals surface area contributed by atoms with Gasteiger partial charge >= 0.3 is 0 Å². The van der Waals surface area contributed by atoms with Crippen LogP contribution < -0.4 is 16.4 Å². The summed E-state index contributed by atoms with van der Waals surface area (Å²) in [6, 6.07) is 16.2. The molecule has 0 amide bonds. The first kappa shape index (κ1) is 18.3. The van der Waals surface area contributed by atoms with Crippen LogP contribution in [0.4, 0.5) is 17.2 Å². The van der Waals surface area contributed by atoms with Crippen LogP contribution in [0.5, 0.6) is 0 Å². The number of nitrogens with one attached hydrogen (secondary N) is 2. The van der Waals surface area contributed by atoms with Crippen molar-refractivity contribution >= 4 is 56.1 Å². The van der Waals surface area contributed by atoms with Crippen molar-refractivity contribution in [3.63, 3.8) is 0 Å². The molecule has 2 aromatic carbocycles. The molecule has 5 nitrogen and oxygen atoms in total. The van der Waals surface area contributed by atoms with E-state index in [-0.39, 0.29) is 0 Å². The maximum absolute atomic E-state index is 6.11. The van der Waals surface area contributed by atoms with Gasteiger partial charge < -0.3 is 16.4 Å². The lowest BCUT2D eigenvalue weighted by Gasteiger charge is -2.12. The maximum atomic E-state index is 6.11. The second-order valence-corrected chi connectivity index (χ2v) is 8.11. The first-order valence-corrected chi connectivity index (χ1v) is 9.98. The Kier molecular flexibility index (Phi) is 4.93. The molecule has 0 radical (unpaired) electrons. The van der Waals surface area contributed by atoms with Crippen molar-refractivity contribution in [3.05, 3.63) is 65.3 Å². The number of nitrogens with two attached hydrogens (primary N) is 1. The number of nitrogen functional groups attached to an aromatic ring is 1. The molecule has 4 rings (SSSR count). The first-order valence-electron chi connectivity index (χ1n) is 8.76. The van der Waals surface area contributed by atoms with Crippen molar-refractivity contribution < 1.29 is 0 Å². The number of hydrogen-bond donors (Lipinski definition) is 3. The van der Waals surface area contributed by atoms with E-state index in [1.54, 1.807) is 11.3 Å². The highest BCUT2D eigenvalue weighted by molar-refractivity contribution is 7.80. The minimum atomic E-state index is 0.509. The Balaban J connectivity index is 1.55. The van der Waals surface area contributed by atoms with Gasteiger partial charge in [0.05, 0.1) is 5.39 Å². The number of nitrogens with zero attached hydrogens (tertiary/aromatic N) is 2. The maximum Gasteiger partial charge on any atom is 0.175 e. The molecule has 4 N–H and O–H groups in total. The Labute approximate surface area is 172 Å². The molecule has 0 fully saturated rings. The summed E-state index contributed by atoms with van der Waals surface area (Å²) in [6.45, 7) is 4.13. The number of hydrogen-bond acceptors (Lipinski definition) is 5. The summed E-state index contributed by atoms with van der Waals surface area (Å²) >= 11 is 7.05. The van der Waals surface area contributed by atoms with E-state index in [1.165, 1.54) is 16.8 Å². The van der Waals surface area contributed by atoms with Gasteiger partial charge in [0.15, 0.2) is 5.11 Å². The van der Waals surface area contributed by atoms with Crippen LogP contribution in [0.2, 0.25) is 0 Å². The third-order valence-corrected chi connectivity index (χ3v) is 5.62. The predicted octanol–water partition coefficient (Wildman–Crippen LogP) is 5.37. The Morgan fingerprint density at radius 2 is 1.75 bits per heavy atom. The van der Waals surface area contributed by atoms with E-state index in [4.69, 9.17) is 18.0 Å². The molecule has 140 valence electrons. The van der Waals surface area contributed by atoms with E-state index < -0.39 is 0 Å². The van der Waals surface area contributed by atoms with Crippen LogP contribution in [0, 0.1) is 13.8 Å². The number of rotatable bonds is 3. The topological polar surface area (TPSA) is 75.9 Å². The number of fused-ring (bicyclic) bond motifs is 1. The van der Waals surface area contributed by atoms with Crippen molar-refractivity contribution in [1.29, 1.82) is 0 Å². The zero-order chi connectivity index (χ0) is 19.7. The van der Waals surface area contributed by atoms with Gasteiger partial charge in [0, 0.05) is 21.8 Å². The second kappa shape index (κ2) is 7.53. The average Bonchev–Trinajstić information content (AvgIpc) is 2.99. The van der Waals surface area contributed by atoms with Crippen molar-refractivity contribution in [2.75, 3.05) is 16.4 Å². The molecule has 0 bridgehead atoms. The zero-order valence-corrected chi connectivity index (χ0v) is 17.1. The van der Waals surface area contributed by atoms with Gasteiger partial charge in [-0.25, -0.2) is 9.97 Å². The molecule has 2 aromatic heterocycles. The van der Waals surface area contributed by atoms with E-state index in [1.807, 2.05) is 43.3 Å². The van der Waals surface area contributed by atoms with Crippen molar-refractivity contribution in [2.24, 2.45) is 0 Å². The van der Waals surface area contributed by atoms with Crippen LogP contribution in [-0.2, 0) is 0 Å². The van der Waals surface area contributed by atoms with Crippen LogP contribution >= 0.6 is 23.6 Å². The lowest BCUT2D eigenvalue weighted by Crippen LogP contribution is -2.18. The van der Waals surface area contributed by atoms with Gasteiger partial charge in [0.2, 0.25) is 0 Å². The molecule has 0 spiro atoms. The fraction of sp³-hybridized carbons (Fsp3) is 0.0952. The van der Waals surface area contributed by atoms with Crippen LogP contribution in [0.25, 0.3) is 21.3 Å². The molecule has 7 heteroatoms. The summed E-state index contributed by atoms with van der Waals surface area (Å²) in [7, 11) is 0. The molecule has 0 saturated heterocycles. The molecule has 0 atom stereocenters. The van der Waals surface area contributed by atoms with Crippen LogP contribution in [0.1, 0.15) is 10.4 Å². The minimum Gasteiger partial charge on any atom is -0.383 e. The first-order chi connectivity index (χ1) is 13.5. The molecule has 0 aliphatic heterocycles. The Morgan fingerprint density at radius 3 is 2.50 bits per heavy atom. The molecule has 4 aromatic rings. The van der Waals surface area contributed by atoms with Crippen molar-refractivity contribution in [1.82, 2.24) is 9.97 Å². The molecular weight excluding hydrogens is 386 g/mol. The zero-order valence-electron chi connectivity index (χ0n) is 15.5. The van der Waals surface area contributed by atoms with E-state index in [0.29, 0.717) is 10.9 Å². The summed E-state index contributed by atoms with van der Waals surface area (Å²) in [5.41, 5.74) is 11.3. The van der Waals surface area contributed by atoms with Gasteiger partial charge in [-0.1, -0.05) is 24.3 Å². The third-order valence-electron chi connectivity index (χ3n) is 4.40. The lowest BCUT2D eigenvalue weighted by molar-refractivity contribution is 1.24. The summed E-state index contributed by atoms with van der Waals surface area (Å²) in [5, 5.41) is 7.89. The summed E-state index contributed by atoms with van der Waals surface area (Å²) in [6.07, 6.45) is 1.51. The normalized spacial score (nSPS) is 10.8. The highest BCUT2D eigenvalue weighted by atomic mass is 32.1. The minimum absolute atomic E-state index is 0.509. The SMILES string of the molecule is Cc1cccc(NC(=S)Nc2ccc(-c3c(C)sc4ncnc(N)c34)cc2)c1. The molecule has 2 heterocycles. The van der Waals surface area contributed by atoms with Crippen LogP contribution in [0.3, 0.4) is 0 Å². The van der Waals surface area contributed by atoms with Crippen LogP contribution in [0.15, 0.2) is 54.9 Å². The summed E-state index contributed by atoms with van der Waals surface area (Å²) < 4.78 is 0. The van der Waals surface area contributed by atoms with E-state index in [0.717, 1.165) is 32.7 Å². The number of thiocarbonyl (C=S) groups is 1. The molecule has 0 saturated carbocycles. The number of aryl methyl sites for hydroxylation is 2. The van der Waals surface area contributed by atoms with Crippen molar-refractivity contribution in [3.8, 4) is 11.1 Å². The molecule has 0 unspecified atom stereocenters. The molecule has 28 heavy (non-hydrogen) atoms. The fourth-order valence-electron chi connectivity index (χ4n) is 3.15. The van der Waals surface area contributed by atoms with Gasteiger partial charge in [-0.15, -0.1) is 11.3 Å². The van der Waals surface area contributed by atoms with E-state index in [9.17, 15) is 0 Å².